The van der Waals surface area contributed by atoms with Crippen molar-refractivity contribution >= 4 is 15.9 Å². The highest BCUT2D eigenvalue weighted by Gasteiger charge is 2.38. The number of alkyl halides is 3. The van der Waals surface area contributed by atoms with E-state index in [1.807, 2.05) is 12.1 Å². The number of rotatable bonds is 7. The van der Waals surface area contributed by atoms with Crippen LogP contribution in [0.15, 0.2) is 47.4 Å². The Morgan fingerprint density at radius 3 is 2.56 bits per heavy atom. The highest BCUT2D eigenvalue weighted by Crippen LogP contribution is 2.35. The van der Waals surface area contributed by atoms with E-state index in [-0.39, 0.29) is 24.9 Å². The number of fused-ring (bicyclic) bond motifs is 1. The summed E-state index contributed by atoms with van der Waals surface area (Å²) < 4.78 is 73.1. The van der Waals surface area contributed by atoms with E-state index < -0.39 is 32.7 Å². The average molecular weight is 566 g/mol. The van der Waals surface area contributed by atoms with E-state index in [0.29, 0.717) is 31.9 Å². The van der Waals surface area contributed by atoms with Crippen molar-refractivity contribution in [1.82, 2.24) is 14.5 Å². The van der Waals surface area contributed by atoms with E-state index in [9.17, 15) is 26.4 Å². The van der Waals surface area contributed by atoms with E-state index >= 15 is 0 Å². The summed E-state index contributed by atoms with van der Waals surface area (Å²) in [6.45, 7) is 3.68. The fourth-order valence-electron chi connectivity index (χ4n) is 5.82. The van der Waals surface area contributed by atoms with Gasteiger partial charge in [0, 0.05) is 37.5 Å². The molecule has 2 aromatic carbocycles. The smallest absolute Gasteiger partial charge is 0.416 e. The molecular weight excluding hydrogens is 531 g/mol. The molecule has 0 aromatic heterocycles. The summed E-state index contributed by atoms with van der Waals surface area (Å²) in [5.41, 5.74) is 1.05. The highest BCUT2D eigenvalue weighted by molar-refractivity contribution is 7.89. The minimum Gasteiger partial charge on any atom is -0.493 e. The lowest BCUT2D eigenvalue weighted by atomic mass is 9.98. The van der Waals surface area contributed by atoms with Crippen molar-refractivity contribution in [3.8, 4) is 5.75 Å². The van der Waals surface area contributed by atoms with Gasteiger partial charge in [-0.15, -0.1) is 0 Å². The minimum atomic E-state index is -4.65. The van der Waals surface area contributed by atoms with Gasteiger partial charge in [-0.3, -0.25) is 9.69 Å². The van der Waals surface area contributed by atoms with Crippen molar-refractivity contribution in [1.29, 1.82) is 0 Å². The third kappa shape index (κ3) is 6.41. The Morgan fingerprint density at radius 2 is 1.79 bits per heavy atom. The van der Waals surface area contributed by atoms with Crippen LogP contribution < -0.4 is 10.1 Å². The van der Waals surface area contributed by atoms with Crippen LogP contribution in [0, 0.1) is 0 Å². The maximum absolute atomic E-state index is 13.2. The van der Waals surface area contributed by atoms with E-state index in [0.717, 1.165) is 43.1 Å². The van der Waals surface area contributed by atoms with Crippen molar-refractivity contribution < 1.29 is 31.1 Å². The van der Waals surface area contributed by atoms with Gasteiger partial charge in [0.25, 0.3) is 0 Å². The van der Waals surface area contributed by atoms with Gasteiger partial charge in [-0.05, 0) is 68.6 Å². The Kier molecular flexibility index (Phi) is 8.21. The summed E-state index contributed by atoms with van der Waals surface area (Å²) in [5, 5.41) is 3.04. The van der Waals surface area contributed by atoms with Crippen LogP contribution in [0.2, 0.25) is 0 Å². The number of hydrogen-bond acceptors (Lipinski definition) is 5. The van der Waals surface area contributed by atoms with Crippen LogP contribution in [0.5, 0.6) is 5.75 Å². The Hall–Kier alpha value is -2.63. The summed E-state index contributed by atoms with van der Waals surface area (Å²) in [5.74, 6) is 0.470. The molecule has 212 valence electrons. The van der Waals surface area contributed by atoms with Gasteiger partial charge in [-0.1, -0.05) is 24.6 Å². The Morgan fingerprint density at radius 1 is 1.00 bits per heavy atom. The molecule has 11 heteroatoms. The Balaban J connectivity index is 1.24. The standard InChI is InChI=1S/C28H34F3N3O4S/c29-28(30,31)21-6-4-8-23(17-21)39(36,37)34-14-5-7-22(34)18-27(35)32-25-11-15-38-26-16-20(9-10-24(25)26)19-33-12-2-1-3-13-33/h4,6,8-10,16-17,22,25H,1-3,5,7,11-15,18-19H2,(H,32,35). The molecule has 0 aliphatic carbocycles. The molecular formula is C28H34F3N3O4S. The first-order chi connectivity index (χ1) is 18.6. The molecule has 2 atom stereocenters. The summed E-state index contributed by atoms with van der Waals surface area (Å²) in [6.07, 6.45) is 0.612. The molecule has 39 heavy (non-hydrogen) atoms. The van der Waals surface area contributed by atoms with Gasteiger partial charge in [-0.2, -0.15) is 17.5 Å². The van der Waals surface area contributed by atoms with Gasteiger partial charge in [0.15, 0.2) is 0 Å². The third-order valence-corrected chi connectivity index (χ3v) is 9.77. The second-order valence-electron chi connectivity index (χ2n) is 10.6. The molecule has 5 rings (SSSR count). The number of nitrogens with zero attached hydrogens (tertiary/aromatic N) is 2. The summed E-state index contributed by atoms with van der Waals surface area (Å²) in [7, 11) is -4.19. The lowest BCUT2D eigenvalue weighted by molar-refractivity contribution is -0.137. The lowest BCUT2D eigenvalue weighted by Gasteiger charge is -2.30. The molecule has 0 saturated carbocycles. The molecule has 0 spiro atoms. The van der Waals surface area contributed by atoms with Crippen molar-refractivity contribution in [2.24, 2.45) is 0 Å². The normalized spacial score (nSPS) is 22.7. The zero-order valence-corrected chi connectivity index (χ0v) is 22.6. The second-order valence-corrected chi connectivity index (χ2v) is 12.5. The van der Waals surface area contributed by atoms with E-state index in [1.54, 1.807) is 0 Å². The Bertz CT molecular complexity index is 1300. The van der Waals surface area contributed by atoms with Crippen molar-refractivity contribution in [3.63, 3.8) is 0 Å². The van der Waals surface area contributed by atoms with Gasteiger partial charge in [-0.25, -0.2) is 8.42 Å². The molecule has 7 nitrogen and oxygen atoms in total. The zero-order valence-electron chi connectivity index (χ0n) is 21.8. The molecule has 3 aliphatic rings. The molecule has 2 fully saturated rings. The molecule has 2 aromatic rings. The molecule has 0 bridgehead atoms. The molecule has 1 amide bonds. The first-order valence-electron chi connectivity index (χ1n) is 13.6. The molecule has 3 heterocycles. The van der Waals surface area contributed by atoms with Crippen LogP contribution in [0.25, 0.3) is 0 Å². The number of carbonyl (C=O) groups excluding carboxylic acids is 1. The fourth-order valence-corrected chi connectivity index (χ4v) is 7.56. The van der Waals surface area contributed by atoms with Gasteiger partial charge in [0.2, 0.25) is 15.9 Å². The number of nitrogens with one attached hydrogen (secondary N) is 1. The van der Waals surface area contributed by atoms with Gasteiger partial charge >= 0.3 is 6.18 Å². The third-order valence-electron chi connectivity index (χ3n) is 7.82. The van der Waals surface area contributed by atoms with E-state index in [4.69, 9.17) is 4.74 Å². The number of likely N-dealkylation sites (tertiary alicyclic amines) is 1. The fraction of sp³-hybridized carbons (Fsp3) is 0.536. The van der Waals surface area contributed by atoms with Crippen LogP contribution in [0.3, 0.4) is 0 Å². The summed E-state index contributed by atoms with van der Waals surface area (Å²) >= 11 is 0. The number of carbonyl (C=O) groups is 1. The number of ether oxygens (including phenoxy) is 1. The number of hydrogen-bond donors (Lipinski definition) is 1. The molecule has 3 aliphatic heterocycles. The summed E-state index contributed by atoms with van der Waals surface area (Å²) in [6, 6.07) is 9.01. The maximum Gasteiger partial charge on any atom is 0.416 e. The van der Waals surface area contributed by atoms with Crippen LogP contribution in [0.1, 0.15) is 67.7 Å². The van der Waals surface area contributed by atoms with Gasteiger partial charge in [0.1, 0.15) is 5.75 Å². The quantitative estimate of drug-likeness (QED) is 0.518. The molecule has 2 unspecified atom stereocenters. The number of amides is 1. The largest absolute Gasteiger partial charge is 0.493 e. The number of sulfonamides is 1. The van der Waals surface area contributed by atoms with Crippen LogP contribution in [-0.4, -0.2) is 55.8 Å². The number of piperidine rings is 1. The van der Waals surface area contributed by atoms with Crippen LogP contribution in [-0.2, 0) is 27.5 Å². The zero-order chi connectivity index (χ0) is 27.6. The van der Waals surface area contributed by atoms with Crippen molar-refractivity contribution in [2.45, 2.75) is 74.6 Å². The topological polar surface area (TPSA) is 79.0 Å². The number of halogens is 3. The number of benzene rings is 2. The van der Waals surface area contributed by atoms with Crippen LogP contribution >= 0.6 is 0 Å². The predicted molar refractivity (Wildman–Crippen MR) is 140 cm³/mol. The summed E-state index contributed by atoms with van der Waals surface area (Å²) in [4.78, 5) is 15.1. The first-order valence-corrected chi connectivity index (χ1v) is 15.0. The SMILES string of the molecule is O=C(CC1CCCN1S(=O)(=O)c1cccc(C(F)(F)F)c1)NC1CCOc2cc(CN3CCCCC3)ccc21. The molecule has 0 radical (unpaired) electrons. The highest BCUT2D eigenvalue weighted by atomic mass is 32.2. The molecule has 2 saturated heterocycles. The van der Waals surface area contributed by atoms with Gasteiger partial charge in [0.05, 0.1) is 23.1 Å². The minimum absolute atomic E-state index is 0.0576. The second kappa shape index (κ2) is 11.5. The van der Waals surface area contributed by atoms with E-state index in [1.165, 1.54) is 35.2 Å². The first kappa shape index (κ1) is 27.9. The molecule has 1 N–H and O–H groups in total. The van der Waals surface area contributed by atoms with Crippen LogP contribution in [0.4, 0.5) is 13.2 Å². The predicted octanol–water partition coefficient (Wildman–Crippen LogP) is 4.87. The van der Waals surface area contributed by atoms with Gasteiger partial charge < -0.3 is 10.1 Å². The van der Waals surface area contributed by atoms with E-state index in [2.05, 4.69) is 16.3 Å². The maximum atomic E-state index is 13.2. The lowest BCUT2D eigenvalue weighted by Crippen LogP contribution is -2.40. The Labute approximate surface area is 227 Å². The monoisotopic (exact) mass is 565 g/mol. The van der Waals surface area contributed by atoms with Crippen molar-refractivity contribution in [2.75, 3.05) is 26.2 Å². The average Bonchev–Trinajstić information content (AvgIpc) is 3.38. The van der Waals surface area contributed by atoms with Crippen molar-refractivity contribution in [3.05, 3.63) is 59.2 Å².